The highest BCUT2D eigenvalue weighted by molar-refractivity contribution is 7.15. The minimum Gasteiger partial charge on any atom is -0.477 e. The number of hydrogen-bond donors (Lipinski definition) is 1. The number of benzene rings is 1. The van der Waals surface area contributed by atoms with Crippen molar-refractivity contribution in [2.75, 3.05) is 0 Å². The molecule has 4 nitrogen and oxygen atoms in total. The minimum absolute atomic E-state index is 0.0963. The highest BCUT2D eigenvalue weighted by Gasteiger charge is 2.22. The van der Waals surface area contributed by atoms with Crippen LogP contribution in [0.25, 0.3) is 16.2 Å². The molecular formula is C18H20N2O2S. The number of aromatic nitrogens is 2. The lowest BCUT2D eigenvalue weighted by atomic mass is 9.86. The van der Waals surface area contributed by atoms with Crippen LogP contribution in [0.15, 0.2) is 29.6 Å². The van der Waals surface area contributed by atoms with E-state index in [0.717, 1.165) is 16.2 Å². The predicted octanol–water partition coefficient (Wildman–Crippen LogP) is 4.62. The van der Waals surface area contributed by atoms with Gasteiger partial charge in [0.1, 0.15) is 0 Å². The van der Waals surface area contributed by atoms with Crippen molar-refractivity contribution in [3.05, 3.63) is 46.6 Å². The molecule has 0 aliphatic carbocycles. The van der Waals surface area contributed by atoms with E-state index in [2.05, 4.69) is 50.0 Å². The third-order valence-corrected chi connectivity index (χ3v) is 4.85. The fourth-order valence-corrected chi connectivity index (χ4v) is 3.63. The number of carboxylic acid groups (broad SMARTS) is 1. The first kappa shape index (κ1) is 15.7. The zero-order valence-electron chi connectivity index (χ0n) is 13.8. The smallest absolute Gasteiger partial charge is 0.354 e. The van der Waals surface area contributed by atoms with Crippen LogP contribution in [0, 0.1) is 0 Å². The molecule has 0 amide bonds. The van der Waals surface area contributed by atoms with Crippen LogP contribution in [-0.4, -0.2) is 20.5 Å². The van der Waals surface area contributed by atoms with Crippen LogP contribution in [0.4, 0.5) is 0 Å². The van der Waals surface area contributed by atoms with Crippen LogP contribution in [0.5, 0.6) is 0 Å². The van der Waals surface area contributed by atoms with Gasteiger partial charge in [0.2, 0.25) is 0 Å². The highest BCUT2D eigenvalue weighted by Crippen LogP contribution is 2.31. The molecule has 2 heterocycles. The molecule has 120 valence electrons. The van der Waals surface area contributed by atoms with Crippen LogP contribution in [0.1, 0.15) is 49.4 Å². The lowest BCUT2D eigenvalue weighted by molar-refractivity contribution is 0.0688. The zero-order valence-corrected chi connectivity index (χ0v) is 14.6. The normalized spacial score (nSPS) is 12.0. The van der Waals surface area contributed by atoms with Gasteiger partial charge in [0.15, 0.2) is 10.7 Å². The standard InChI is InChI=1S/C18H20N2O2S/c1-5-13-15(16(21)22)20-14(10-23-17(20)19-13)11-6-8-12(9-7-11)18(2,3)4/h6-10H,5H2,1-4H3,(H,21,22). The summed E-state index contributed by atoms with van der Waals surface area (Å²) >= 11 is 1.47. The fourth-order valence-electron chi connectivity index (χ4n) is 2.71. The first-order chi connectivity index (χ1) is 10.8. The van der Waals surface area contributed by atoms with Crippen molar-refractivity contribution in [3.8, 4) is 11.3 Å². The van der Waals surface area contributed by atoms with Gasteiger partial charge in [0.05, 0.1) is 11.4 Å². The summed E-state index contributed by atoms with van der Waals surface area (Å²) in [5.41, 5.74) is 4.16. The number of aryl methyl sites for hydroxylation is 1. The molecule has 0 radical (unpaired) electrons. The van der Waals surface area contributed by atoms with Crippen molar-refractivity contribution in [2.24, 2.45) is 0 Å². The van der Waals surface area contributed by atoms with Crippen molar-refractivity contribution in [2.45, 2.75) is 39.5 Å². The maximum Gasteiger partial charge on any atom is 0.354 e. The number of thiazole rings is 1. The van der Waals surface area contributed by atoms with Gasteiger partial charge in [-0.3, -0.25) is 4.40 Å². The molecule has 1 aromatic carbocycles. The van der Waals surface area contributed by atoms with Crippen LogP contribution < -0.4 is 0 Å². The highest BCUT2D eigenvalue weighted by atomic mass is 32.1. The third kappa shape index (κ3) is 2.65. The summed E-state index contributed by atoms with van der Waals surface area (Å²) < 4.78 is 1.76. The van der Waals surface area contributed by atoms with E-state index in [-0.39, 0.29) is 11.1 Å². The molecule has 3 aromatic rings. The van der Waals surface area contributed by atoms with E-state index in [0.29, 0.717) is 12.1 Å². The van der Waals surface area contributed by atoms with E-state index < -0.39 is 5.97 Å². The summed E-state index contributed by atoms with van der Waals surface area (Å²) in [6, 6.07) is 8.33. The van der Waals surface area contributed by atoms with Gasteiger partial charge in [-0.15, -0.1) is 11.3 Å². The van der Waals surface area contributed by atoms with Gasteiger partial charge < -0.3 is 5.11 Å². The summed E-state index contributed by atoms with van der Waals surface area (Å²) in [6.07, 6.45) is 0.610. The van der Waals surface area contributed by atoms with E-state index in [1.54, 1.807) is 4.40 Å². The molecule has 0 atom stereocenters. The van der Waals surface area contributed by atoms with Gasteiger partial charge in [-0.25, -0.2) is 9.78 Å². The van der Waals surface area contributed by atoms with E-state index in [1.807, 2.05) is 12.3 Å². The van der Waals surface area contributed by atoms with Crippen LogP contribution in [0.2, 0.25) is 0 Å². The van der Waals surface area contributed by atoms with E-state index in [9.17, 15) is 9.90 Å². The van der Waals surface area contributed by atoms with Crippen molar-refractivity contribution in [3.63, 3.8) is 0 Å². The first-order valence-electron chi connectivity index (χ1n) is 7.66. The molecule has 0 spiro atoms. The van der Waals surface area contributed by atoms with Crippen LogP contribution >= 0.6 is 11.3 Å². The molecule has 1 N–H and O–H groups in total. The topological polar surface area (TPSA) is 54.6 Å². The molecule has 0 saturated heterocycles. The zero-order chi connectivity index (χ0) is 16.8. The van der Waals surface area contributed by atoms with Crippen LogP contribution in [-0.2, 0) is 11.8 Å². The maximum atomic E-state index is 11.7. The summed E-state index contributed by atoms with van der Waals surface area (Å²) in [5.74, 6) is -0.930. The van der Waals surface area contributed by atoms with Crippen molar-refractivity contribution in [1.82, 2.24) is 9.38 Å². The molecule has 0 aliphatic heterocycles. The molecule has 0 saturated carbocycles. The van der Waals surface area contributed by atoms with Gasteiger partial charge in [-0.2, -0.15) is 0 Å². The third-order valence-electron chi connectivity index (χ3n) is 4.02. The summed E-state index contributed by atoms with van der Waals surface area (Å²) in [4.78, 5) is 16.9. The molecule has 2 aromatic heterocycles. The first-order valence-corrected chi connectivity index (χ1v) is 8.54. The second-order valence-electron chi connectivity index (χ2n) is 6.63. The molecule has 0 fully saturated rings. The number of carbonyl (C=O) groups is 1. The Balaban J connectivity index is 2.17. The Morgan fingerprint density at radius 1 is 1.26 bits per heavy atom. The van der Waals surface area contributed by atoms with E-state index >= 15 is 0 Å². The van der Waals surface area contributed by atoms with E-state index in [1.165, 1.54) is 16.9 Å². The monoisotopic (exact) mass is 328 g/mol. The molecule has 23 heavy (non-hydrogen) atoms. The van der Waals surface area contributed by atoms with Gasteiger partial charge in [0.25, 0.3) is 0 Å². The number of rotatable bonds is 3. The second kappa shape index (κ2) is 5.49. The Morgan fingerprint density at radius 3 is 2.43 bits per heavy atom. The number of carboxylic acids is 1. The van der Waals surface area contributed by atoms with Crippen molar-refractivity contribution < 1.29 is 9.90 Å². The number of nitrogens with zero attached hydrogens (tertiary/aromatic N) is 2. The average molecular weight is 328 g/mol. The molecule has 0 bridgehead atoms. The average Bonchev–Trinajstić information content (AvgIpc) is 3.04. The molecule has 0 unspecified atom stereocenters. The molecular weight excluding hydrogens is 308 g/mol. The Hall–Kier alpha value is -2.14. The lowest BCUT2D eigenvalue weighted by Gasteiger charge is -2.19. The molecule has 5 heteroatoms. The fraction of sp³-hybridized carbons (Fsp3) is 0.333. The Labute approximate surface area is 139 Å². The Morgan fingerprint density at radius 2 is 1.91 bits per heavy atom. The van der Waals surface area contributed by atoms with Crippen LogP contribution in [0.3, 0.4) is 0 Å². The number of aromatic carboxylic acids is 1. The van der Waals surface area contributed by atoms with Crippen molar-refractivity contribution in [1.29, 1.82) is 0 Å². The quantitative estimate of drug-likeness (QED) is 0.763. The second-order valence-corrected chi connectivity index (χ2v) is 7.47. The Kier molecular flexibility index (Phi) is 3.76. The Bertz CT molecular complexity index is 867. The maximum absolute atomic E-state index is 11.7. The van der Waals surface area contributed by atoms with E-state index in [4.69, 9.17) is 0 Å². The minimum atomic E-state index is -0.930. The summed E-state index contributed by atoms with van der Waals surface area (Å²) in [7, 11) is 0. The number of hydrogen-bond acceptors (Lipinski definition) is 3. The van der Waals surface area contributed by atoms with Gasteiger partial charge in [-0.1, -0.05) is 52.0 Å². The largest absolute Gasteiger partial charge is 0.477 e. The summed E-state index contributed by atoms with van der Waals surface area (Å²) in [5, 5.41) is 11.5. The molecule has 3 rings (SSSR count). The number of imidazole rings is 1. The number of fused-ring (bicyclic) bond motifs is 1. The lowest BCUT2D eigenvalue weighted by Crippen LogP contribution is -2.10. The summed E-state index contributed by atoms with van der Waals surface area (Å²) in [6.45, 7) is 8.46. The SMILES string of the molecule is CCc1nc2scc(-c3ccc(C(C)(C)C)cc3)n2c1C(=O)O. The van der Waals surface area contributed by atoms with Crippen molar-refractivity contribution >= 4 is 22.3 Å². The van der Waals surface area contributed by atoms with Gasteiger partial charge in [-0.05, 0) is 23.0 Å². The van der Waals surface area contributed by atoms with Gasteiger partial charge >= 0.3 is 5.97 Å². The predicted molar refractivity (Wildman–Crippen MR) is 93.5 cm³/mol. The van der Waals surface area contributed by atoms with Gasteiger partial charge in [0, 0.05) is 5.38 Å². The molecule has 0 aliphatic rings.